The summed E-state index contributed by atoms with van der Waals surface area (Å²) in [5.41, 5.74) is 3.23. The third-order valence-electron chi connectivity index (χ3n) is 3.97. The summed E-state index contributed by atoms with van der Waals surface area (Å²) < 4.78 is 5.03. The number of ether oxygens (including phenoxy) is 1. The van der Waals surface area contributed by atoms with Crippen molar-refractivity contribution >= 4 is 11.6 Å². The SMILES string of the molecule is COCc1nc(-c2cccc(NC(=O)c3cc(-c4cccnc4)n[nH]3)c2)n[nH]1. The summed E-state index contributed by atoms with van der Waals surface area (Å²) >= 11 is 0. The Balaban J connectivity index is 1.50. The number of carbonyl (C=O) groups excluding carboxylic acids is 1. The molecule has 140 valence electrons. The monoisotopic (exact) mass is 375 g/mol. The molecule has 28 heavy (non-hydrogen) atoms. The minimum Gasteiger partial charge on any atom is -0.377 e. The van der Waals surface area contributed by atoms with Gasteiger partial charge >= 0.3 is 0 Å². The van der Waals surface area contributed by atoms with Gasteiger partial charge in [0.15, 0.2) is 11.6 Å². The maximum absolute atomic E-state index is 12.5. The summed E-state index contributed by atoms with van der Waals surface area (Å²) in [7, 11) is 1.59. The number of rotatable bonds is 6. The molecule has 0 radical (unpaired) electrons. The van der Waals surface area contributed by atoms with E-state index in [1.54, 1.807) is 37.7 Å². The lowest BCUT2D eigenvalue weighted by Crippen LogP contribution is -2.12. The molecule has 9 heteroatoms. The van der Waals surface area contributed by atoms with Gasteiger partial charge in [-0.15, -0.1) is 0 Å². The van der Waals surface area contributed by atoms with E-state index >= 15 is 0 Å². The van der Waals surface area contributed by atoms with Crippen LogP contribution >= 0.6 is 0 Å². The first-order valence-corrected chi connectivity index (χ1v) is 8.51. The molecular formula is C19H17N7O2. The van der Waals surface area contributed by atoms with E-state index in [2.05, 4.69) is 35.7 Å². The van der Waals surface area contributed by atoms with Crippen LogP contribution in [0.2, 0.25) is 0 Å². The quantitative estimate of drug-likeness (QED) is 0.476. The Morgan fingerprint density at radius 2 is 2.00 bits per heavy atom. The van der Waals surface area contributed by atoms with Crippen LogP contribution in [0, 0.1) is 0 Å². The number of nitrogens with zero attached hydrogens (tertiary/aromatic N) is 4. The van der Waals surface area contributed by atoms with Gasteiger partial charge < -0.3 is 10.1 Å². The average Bonchev–Trinajstić information content (AvgIpc) is 3.39. The molecule has 0 unspecified atom stereocenters. The number of benzene rings is 1. The highest BCUT2D eigenvalue weighted by atomic mass is 16.5. The summed E-state index contributed by atoms with van der Waals surface area (Å²) in [6.07, 6.45) is 3.37. The molecule has 4 aromatic rings. The highest BCUT2D eigenvalue weighted by molar-refractivity contribution is 6.03. The maximum atomic E-state index is 12.5. The van der Waals surface area contributed by atoms with Crippen LogP contribution < -0.4 is 5.32 Å². The van der Waals surface area contributed by atoms with Crippen molar-refractivity contribution in [3.05, 3.63) is 66.4 Å². The van der Waals surface area contributed by atoms with Gasteiger partial charge in [0.1, 0.15) is 12.3 Å². The second-order valence-corrected chi connectivity index (χ2v) is 5.98. The lowest BCUT2D eigenvalue weighted by molar-refractivity contribution is 0.102. The van der Waals surface area contributed by atoms with Gasteiger partial charge in [0.05, 0.1) is 5.69 Å². The third-order valence-corrected chi connectivity index (χ3v) is 3.97. The van der Waals surface area contributed by atoms with Crippen LogP contribution in [0.25, 0.3) is 22.6 Å². The second kappa shape index (κ2) is 7.80. The minimum atomic E-state index is -0.296. The Hall–Kier alpha value is -3.85. The summed E-state index contributed by atoms with van der Waals surface area (Å²) in [6, 6.07) is 12.7. The summed E-state index contributed by atoms with van der Waals surface area (Å²) in [5.74, 6) is 0.866. The molecule has 9 nitrogen and oxygen atoms in total. The van der Waals surface area contributed by atoms with Crippen LogP contribution in [0.15, 0.2) is 54.9 Å². The lowest BCUT2D eigenvalue weighted by atomic mass is 10.2. The van der Waals surface area contributed by atoms with Crippen molar-refractivity contribution in [2.24, 2.45) is 0 Å². The molecule has 0 spiro atoms. The molecule has 0 aliphatic heterocycles. The van der Waals surface area contributed by atoms with E-state index in [4.69, 9.17) is 4.74 Å². The number of amides is 1. The van der Waals surface area contributed by atoms with Crippen molar-refractivity contribution in [1.29, 1.82) is 0 Å². The van der Waals surface area contributed by atoms with Gasteiger partial charge in [-0.2, -0.15) is 10.2 Å². The second-order valence-electron chi connectivity index (χ2n) is 5.98. The van der Waals surface area contributed by atoms with Gasteiger partial charge in [-0.3, -0.25) is 20.0 Å². The van der Waals surface area contributed by atoms with Crippen LogP contribution in [0.4, 0.5) is 5.69 Å². The number of hydrogen-bond donors (Lipinski definition) is 3. The summed E-state index contributed by atoms with van der Waals surface area (Å²) in [6.45, 7) is 0.350. The number of hydrogen-bond acceptors (Lipinski definition) is 6. The standard InChI is InChI=1S/C19H17N7O2/c1-28-11-17-22-18(26-25-17)12-4-2-6-14(8-12)21-19(27)16-9-15(23-24-16)13-5-3-7-20-10-13/h2-10H,11H2,1H3,(H,21,27)(H,23,24)(H,22,25,26). The number of aromatic amines is 2. The van der Waals surface area contributed by atoms with Crippen molar-refractivity contribution < 1.29 is 9.53 Å². The molecule has 0 saturated carbocycles. The summed E-state index contributed by atoms with van der Waals surface area (Å²) in [5, 5.41) is 16.8. The number of H-pyrrole nitrogens is 2. The molecule has 0 fully saturated rings. The first-order valence-electron chi connectivity index (χ1n) is 8.51. The molecule has 4 rings (SSSR count). The fourth-order valence-corrected chi connectivity index (χ4v) is 2.66. The number of nitrogens with one attached hydrogen (secondary N) is 3. The Morgan fingerprint density at radius 3 is 2.82 bits per heavy atom. The zero-order valence-corrected chi connectivity index (χ0v) is 15.0. The lowest BCUT2D eigenvalue weighted by Gasteiger charge is -2.04. The van der Waals surface area contributed by atoms with Crippen molar-refractivity contribution in [1.82, 2.24) is 30.4 Å². The fourth-order valence-electron chi connectivity index (χ4n) is 2.66. The number of methoxy groups -OCH3 is 1. The van der Waals surface area contributed by atoms with Gasteiger partial charge in [0.2, 0.25) is 0 Å². The molecular weight excluding hydrogens is 358 g/mol. The number of pyridine rings is 1. The molecule has 3 N–H and O–H groups in total. The number of anilines is 1. The Kier molecular flexibility index (Phi) is 4.89. The highest BCUT2D eigenvalue weighted by Crippen LogP contribution is 2.21. The van der Waals surface area contributed by atoms with Crippen molar-refractivity contribution in [2.45, 2.75) is 6.61 Å². The van der Waals surface area contributed by atoms with E-state index in [9.17, 15) is 4.79 Å². The Morgan fingerprint density at radius 1 is 1.11 bits per heavy atom. The fraction of sp³-hybridized carbons (Fsp3) is 0.105. The number of carbonyl (C=O) groups is 1. The Bertz CT molecular complexity index is 1090. The molecule has 3 aromatic heterocycles. The van der Waals surface area contributed by atoms with Crippen molar-refractivity contribution in [3.63, 3.8) is 0 Å². The normalized spacial score (nSPS) is 10.8. The molecule has 0 bridgehead atoms. The molecule has 0 aliphatic rings. The van der Waals surface area contributed by atoms with Gasteiger partial charge in [-0.1, -0.05) is 12.1 Å². The Labute approximate surface area is 160 Å². The average molecular weight is 375 g/mol. The van der Waals surface area contributed by atoms with Crippen LogP contribution in [-0.4, -0.2) is 43.4 Å². The smallest absolute Gasteiger partial charge is 0.273 e. The molecule has 1 amide bonds. The highest BCUT2D eigenvalue weighted by Gasteiger charge is 2.13. The molecule has 3 heterocycles. The van der Waals surface area contributed by atoms with E-state index in [0.29, 0.717) is 35.3 Å². The van der Waals surface area contributed by atoms with E-state index in [-0.39, 0.29) is 5.91 Å². The molecule has 0 saturated heterocycles. The van der Waals surface area contributed by atoms with E-state index in [0.717, 1.165) is 11.1 Å². The van der Waals surface area contributed by atoms with Gasteiger partial charge in [0, 0.05) is 36.3 Å². The zero-order valence-electron chi connectivity index (χ0n) is 15.0. The van der Waals surface area contributed by atoms with E-state index in [1.807, 2.05) is 24.3 Å². The van der Waals surface area contributed by atoms with Crippen molar-refractivity contribution in [3.8, 4) is 22.6 Å². The first kappa shape index (κ1) is 17.6. The molecule has 1 aromatic carbocycles. The predicted octanol–water partition coefficient (Wildman–Crippen LogP) is 2.66. The molecule has 0 aliphatic carbocycles. The van der Waals surface area contributed by atoms with Gasteiger partial charge in [-0.25, -0.2) is 4.98 Å². The largest absolute Gasteiger partial charge is 0.377 e. The van der Waals surface area contributed by atoms with Crippen LogP contribution in [-0.2, 0) is 11.3 Å². The number of aromatic nitrogens is 6. The first-order chi connectivity index (χ1) is 13.7. The van der Waals surface area contributed by atoms with Crippen molar-refractivity contribution in [2.75, 3.05) is 12.4 Å². The maximum Gasteiger partial charge on any atom is 0.273 e. The van der Waals surface area contributed by atoms with Crippen LogP contribution in [0.3, 0.4) is 0 Å². The summed E-state index contributed by atoms with van der Waals surface area (Å²) in [4.78, 5) is 21.0. The third kappa shape index (κ3) is 3.79. The van der Waals surface area contributed by atoms with Gasteiger partial charge in [-0.05, 0) is 30.3 Å². The predicted molar refractivity (Wildman–Crippen MR) is 102 cm³/mol. The van der Waals surface area contributed by atoms with E-state index in [1.165, 1.54) is 0 Å². The molecule has 0 atom stereocenters. The van der Waals surface area contributed by atoms with E-state index < -0.39 is 0 Å². The zero-order chi connectivity index (χ0) is 19.3. The van der Waals surface area contributed by atoms with Crippen LogP contribution in [0.1, 0.15) is 16.3 Å². The minimum absolute atomic E-state index is 0.296. The van der Waals surface area contributed by atoms with Gasteiger partial charge in [0.25, 0.3) is 5.91 Å². The topological polar surface area (TPSA) is 121 Å². The van der Waals surface area contributed by atoms with Crippen LogP contribution in [0.5, 0.6) is 0 Å².